The van der Waals surface area contributed by atoms with Crippen LogP contribution >= 0.6 is 11.6 Å². The molecule has 0 N–H and O–H groups in total. The van der Waals surface area contributed by atoms with Crippen LogP contribution in [0.2, 0.25) is 0 Å². The normalized spacial score (nSPS) is 10.4. The molecule has 0 bridgehead atoms. The zero-order chi connectivity index (χ0) is 13.5. The predicted octanol–water partition coefficient (Wildman–Crippen LogP) is 2.83. The van der Waals surface area contributed by atoms with Crippen LogP contribution in [0.4, 0.5) is 0 Å². The van der Waals surface area contributed by atoms with Gasteiger partial charge in [0.1, 0.15) is 11.5 Å². The van der Waals surface area contributed by atoms with Crippen LogP contribution in [0.5, 0.6) is 11.5 Å². The lowest BCUT2D eigenvalue weighted by molar-refractivity contribution is 0.258. The van der Waals surface area contributed by atoms with Gasteiger partial charge in [0, 0.05) is 12.3 Å². The summed E-state index contributed by atoms with van der Waals surface area (Å²) in [4.78, 5) is 0. The van der Waals surface area contributed by atoms with Crippen molar-refractivity contribution >= 4 is 11.6 Å². The van der Waals surface area contributed by atoms with Crippen LogP contribution in [-0.2, 0) is 13.0 Å². The molecule has 0 atom stereocenters. The molecule has 2 rings (SSSR count). The van der Waals surface area contributed by atoms with Crippen LogP contribution < -0.4 is 9.47 Å². The van der Waals surface area contributed by atoms with Gasteiger partial charge in [0.15, 0.2) is 6.61 Å². The van der Waals surface area contributed by atoms with Crippen molar-refractivity contribution in [3.63, 3.8) is 0 Å². The maximum atomic E-state index is 5.59. The van der Waals surface area contributed by atoms with Crippen molar-refractivity contribution in [2.45, 2.75) is 20.0 Å². The Morgan fingerprint density at radius 1 is 1.05 bits per heavy atom. The second-order valence-corrected chi connectivity index (χ2v) is 4.10. The fourth-order valence-corrected chi connectivity index (χ4v) is 1.63. The first-order valence-electron chi connectivity index (χ1n) is 6.04. The van der Waals surface area contributed by atoms with Gasteiger partial charge in [-0.25, -0.2) is 0 Å². The number of alkyl halides is 1. The molecular weight excluding hydrogens is 268 g/mol. The Kier molecular flexibility index (Phi) is 5.03. The lowest BCUT2D eigenvalue weighted by Crippen LogP contribution is -1.96. The van der Waals surface area contributed by atoms with Crippen LogP contribution in [0.25, 0.3) is 0 Å². The number of hydrogen-bond acceptors (Lipinski definition) is 5. The number of halogens is 1. The largest absolute Gasteiger partial charge is 0.494 e. The van der Waals surface area contributed by atoms with Gasteiger partial charge in [-0.15, -0.1) is 21.8 Å². The maximum absolute atomic E-state index is 5.59. The third-order valence-corrected chi connectivity index (χ3v) is 2.50. The molecule has 0 aliphatic carbocycles. The maximum Gasteiger partial charge on any atom is 0.253 e. The monoisotopic (exact) mass is 282 g/mol. The Balaban J connectivity index is 1.86. The molecule has 0 amide bonds. The molecule has 0 aliphatic rings. The highest BCUT2D eigenvalue weighted by atomic mass is 35.5. The second kappa shape index (κ2) is 6.99. The Bertz CT molecular complexity index is 499. The Morgan fingerprint density at radius 3 is 2.32 bits per heavy atom. The minimum absolute atomic E-state index is 0.239. The van der Waals surface area contributed by atoms with Gasteiger partial charge in [0.2, 0.25) is 5.89 Å². The smallest absolute Gasteiger partial charge is 0.253 e. The minimum Gasteiger partial charge on any atom is -0.494 e. The number of benzene rings is 1. The molecule has 5 nitrogen and oxygen atoms in total. The number of aryl methyl sites for hydroxylation is 1. The standard InChI is InChI=1S/C13H15ClN2O3/c1-2-17-10-3-5-11(6-4-10)18-9-13-16-15-12(19-13)7-8-14/h3-6H,2,7-9H2,1H3. The molecule has 2 aromatic rings. The Morgan fingerprint density at radius 2 is 1.68 bits per heavy atom. The molecule has 1 heterocycles. The van der Waals surface area contributed by atoms with E-state index >= 15 is 0 Å². The summed E-state index contributed by atoms with van der Waals surface area (Å²) in [5.74, 6) is 2.97. The van der Waals surface area contributed by atoms with Crippen LogP contribution in [0.1, 0.15) is 18.7 Å². The van der Waals surface area contributed by atoms with E-state index in [1.807, 2.05) is 31.2 Å². The van der Waals surface area contributed by atoms with Gasteiger partial charge < -0.3 is 13.9 Å². The van der Waals surface area contributed by atoms with Gasteiger partial charge >= 0.3 is 0 Å². The van der Waals surface area contributed by atoms with Gasteiger partial charge in [-0.1, -0.05) is 0 Å². The van der Waals surface area contributed by atoms with E-state index in [9.17, 15) is 0 Å². The van der Waals surface area contributed by atoms with Crippen molar-refractivity contribution in [1.82, 2.24) is 10.2 Å². The zero-order valence-corrected chi connectivity index (χ0v) is 11.4. The summed E-state index contributed by atoms with van der Waals surface area (Å²) in [6.07, 6.45) is 0.567. The summed E-state index contributed by atoms with van der Waals surface area (Å²) in [5, 5.41) is 7.73. The zero-order valence-electron chi connectivity index (χ0n) is 10.6. The number of nitrogens with zero attached hydrogens (tertiary/aromatic N) is 2. The van der Waals surface area contributed by atoms with Gasteiger partial charge in [-0.3, -0.25) is 0 Å². The van der Waals surface area contributed by atoms with E-state index in [-0.39, 0.29) is 6.61 Å². The first kappa shape index (κ1) is 13.7. The number of hydrogen-bond donors (Lipinski definition) is 0. The van der Waals surface area contributed by atoms with Gasteiger partial charge in [-0.05, 0) is 31.2 Å². The topological polar surface area (TPSA) is 57.4 Å². The van der Waals surface area contributed by atoms with E-state index in [2.05, 4.69) is 10.2 Å². The van der Waals surface area contributed by atoms with E-state index in [0.29, 0.717) is 30.7 Å². The molecule has 0 saturated heterocycles. The highest BCUT2D eigenvalue weighted by Gasteiger charge is 2.06. The summed E-state index contributed by atoms with van der Waals surface area (Å²) >= 11 is 5.59. The van der Waals surface area contributed by atoms with Crippen LogP contribution in [0, 0.1) is 0 Å². The van der Waals surface area contributed by atoms with E-state index < -0.39 is 0 Å². The third-order valence-electron chi connectivity index (χ3n) is 2.31. The molecule has 0 unspecified atom stereocenters. The molecule has 0 saturated carbocycles. The van der Waals surface area contributed by atoms with E-state index in [0.717, 1.165) is 11.5 Å². The molecule has 6 heteroatoms. The van der Waals surface area contributed by atoms with Crippen LogP contribution in [0.3, 0.4) is 0 Å². The molecule has 1 aromatic carbocycles. The van der Waals surface area contributed by atoms with E-state index in [1.54, 1.807) is 0 Å². The molecule has 19 heavy (non-hydrogen) atoms. The van der Waals surface area contributed by atoms with Crippen molar-refractivity contribution in [1.29, 1.82) is 0 Å². The van der Waals surface area contributed by atoms with E-state index in [4.69, 9.17) is 25.5 Å². The molecule has 0 fully saturated rings. The molecule has 1 aromatic heterocycles. The SMILES string of the molecule is CCOc1ccc(OCc2nnc(CCCl)o2)cc1. The predicted molar refractivity (Wildman–Crippen MR) is 70.7 cm³/mol. The Hall–Kier alpha value is -1.75. The van der Waals surface area contributed by atoms with Gasteiger partial charge in [0.25, 0.3) is 5.89 Å². The van der Waals surface area contributed by atoms with E-state index in [1.165, 1.54) is 0 Å². The second-order valence-electron chi connectivity index (χ2n) is 3.72. The fraction of sp³-hybridized carbons (Fsp3) is 0.385. The molecule has 0 radical (unpaired) electrons. The minimum atomic E-state index is 0.239. The number of rotatable bonds is 7. The van der Waals surface area contributed by atoms with Crippen LogP contribution in [-0.4, -0.2) is 22.7 Å². The highest BCUT2D eigenvalue weighted by Crippen LogP contribution is 2.18. The summed E-state index contributed by atoms with van der Waals surface area (Å²) < 4.78 is 16.2. The summed E-state index contributed by atoms with van der Waals surface area (Å²) in [6.45, 7) is 2.83. The average molecular weight is 283 g/mol. The van der Waals surface area contributed by atoms with Crippen LogP contribution in [0.15, 0.2) is 28.7 Å². The first-order chi connectivity index (χ1) is 9.31. The van der Waals surface area contributed by atoms with Crippen molar-refractivity contribution in [3.05, 3.63) is 36.0 Å². The van der Waals surface area contributed by atoms with Crippen molar-refractivity contribution < 1.29 is 13.9 Å². The number of aromatic nitrogens is 2. The lowest BCUT2D eigenvalue weighted by atomic mass is 10.3. The molecule has 0 aliphatic heterocycles. The van der Waals surface area contributed by atoms with Crippen molar-refractivity contribution in [2.75, 3.05) is 12.5 Å². The quantitative estimate of drug-likeness (QED) is 0.731. The summed E-state index contributed by atoms with van der Waals surface area (Å²) in [5.41, 5.74) is 0. The first-order valence-corrected chi connectivity index (χ1v) is 6.58. The van der Waals surface area contributed by atoms with Crippen molar-refractivity contribution in [3.8, 4) is 11.5 Å². The molecular formula is C13H15ClN2O3. The van der Waals surface area contributed by atoms with Gasteiger partial charge in [0.05, 0.1) is 6.61 Å². The fourth-order valence-electron chi connectivity index (χ4n) is 1.47. The molecule has 102 valence electrons. The van der Waals surface area contributed by atoms with Gasteiger partial charge in [-0.2, -0.15) is 0 Å². The number of ether oxygens (including phenoxy) is 2. The van der Waals surface area contributed by atoms with Crippen molar-refractivity contribution in [2.24, 2.45) is 0 Å². The average Bonchev–Trinajstić information content (AvgIpc) is 2.87. The highest BCUT2D eigenvalue weighted by molar-refractivity contribution is 6.17. The summed E-state index contributed by atoms with van der Waals surface area (Å²) in [7, 11) is 0. The molecule has 0 spiro atoms. The summed E-state index contributed by atoms with van der Waals surface area (Å²) in [6, 6.07) is 7.37. The third kappa shape index (κ3) is 4.13. The Labute approximate surface area is 116 Å². The lowest BCUT2D eigenvalue weighted by Gasteiger charge is -2.05.